The van der Waals surface area contributed by atoms with Crippen molar-refractivity contribution in [3.05, 3.63) is 112 Å². The lowest BCUT2D eigenvalue weighted by Gasteiger charge is -2.16. The van der Waals surface area contributed by atoms with Gasteiger partial charge in [0.2, 0.25) is 0 Å². The Labute approximate surface area is 212 Å². The Kier molecular flexibility index (Phi) is 11.0. The summed E-state index contributed by atoms with van der Waals surface area (Å²) in [4.78, 5) is 20.1. The molecule has 1 unspecified atom stereocenters. The maximum Gasteiger partial charge on any atom is 0.336 e. The Balaban J connectivity index is 0.00000137. The van der Waals surface area contributed by atoms with E-state index in [0.717, 1.165) is 45.9 Å². The number of fused-ring (bicyclic) bond motifs is 2. The van der Waals surface area contributed by atoms with Crippen LogP contribution in [0.15, 0.2) is 101 Å². The smallest absolute Gasteiger partial charge is 0.336 e. The predicted octanol–water partition coefficient (Wildman–Crippen LogP) is 7.04. The number of carboxylic acid groups (broad SMARTS) is 1. The van der Waals surface area contributed by atoms with Gasteiger partial charge < -0.3 is 14.6 Å². The van der Waals surface area contributed by atoms with Crippen molar-refractivity contribution < 1.29 is 24.2 Å². The molecule has 0 fully saturated rings. The molecule has 3 rings (SSSR count). The summed E-state index contributed by atoms with van der Waals surface area (Å²) < 4.78 is 11.5. The molecule has 0 spiro atoms. The van der Waals surface area contributed by atoms with Gasteiger partial charge in [-0.1, -0.05) is 54.6 Å². The maximum absolute atomic E-state index is 11.7. The number of aryl methyl sites for hydroxylation is 1. The van der Waals surface area contributed by atoms with E-state index in [4.69, 9.17) is 31.0 Å². The van der Waals surface area contributed by atoms with Crippen LogP contribution in [-0.2, 0) is 25.5 Å². The van der Waals surface area contributed by atoms with Crippen LogP contribution in [0.5, 0.6) is 0 Å². The Bertz CT molecular complexity index is 1110. The first-order valence-electron chi connectivity index (χ1n) is 11.3. The van der Waals surface area contributed by atoms with E-state index in [9.17, 15) is 4.79 Å². The van der Waals surface area contributed by atoms with E-state index in [1.807, 2.05) is 50.3 Å². The first kappa shape index (κ1) is 27.7. The zero-order valence-electron chi connectivity index (χ0n) is 20.3. The Morgan fingerprint density at radius 1 is 1.23 bits per heavy atom. The van der Waals surface area contributed by atoms with Gasteiger partial charge in [-0.25, -0.2) is 4.79 Å². The lowest BCUT2D eigenvalue weighted by Crippen LogP contribution is -2.09. The number of allylic oxidation sites excluding steroid dienone is 10. The van der Waals surface area contributed by atoms with Gasteiger partial charge in [-0.3, -0.25) is 4.79 Å². The van der Waals surface area contributed by atoms with Crippen molar-refractivity contribution in [2.24, 2.45) is 0 Å². The molecule has 0 saturated carbocycles. The molecule has 1 atom stereocenters. The first-order valence-corrected chi connectivity index (χ1v) is 11.7. The van der Waals surface area contributed by atoms with E-state index >= 15 is 0 Å². The van der Waals surface area contributed by atoms with E-state index in [0.29, 0.717) is 12.2 Å². The minimum absolute atomic E-state index is 0.0450. The van der Waals surface area contributed by atoms with Crippen molar-refractivity contribution in [1.82, 2.24) is 0 Å². The number of ether oxygens (including phenoxy) is 2. The Hall–Kier alpha value is -3.57. The third kappa shape index (κ3) is 9.30. The normalized spacial score (nSPS) is 16.5. The number of hydrogen-bond acceptors (Lipinski definition) is 4. The molecule has 2 aliphatic rings. The summed E-state index contributed by atoms with van der Waals surface area (Å²) in [6, 6.07) is 8.50. The highest BCUT2D eigenvalue weighted by molar-refractivity contribution is 6.29. The molecule has 1 heterocycles. The van der Waals surface area contributed by atoms with Crippen molar-refractivity contribution in [2.75, 3.05) is 0 Å². The molecule has 0 saturated heterocycles. The highest BCUT2D eigenvalue weighted by Crippen LogP contribution is 2.29. The van der Waals surface area contributed by atoms with Crippen molar-refractivity contribution in [2.45, 2.75) is 46.1 Å². The molecule has 0 radical (unpaired) electrons. The summed E-state index contributed by atoms with van der Waals surface area (Å²) >= 11 is 5.93. The average molecular weight is 495 g/mol. The number of halogens is 1. The Morgan fingerprint density at radius 2 is 1.91 bits per heavy atom. The van der Waals surface area contributed by atoms with E-state index in [1.54, 1.807) is 0 Å². The number of rotatable bonds is 8. The monoisotopic (exact) mass is 494 g/mol. The molecule has 2 bridgehead atoms. The van der Waals surface area contributed by atoms with Gasteiger partial charge in [-0.15, -0.1) is 0 Å². The van der Waals surface area contributed by atoms with E-state index in [1.165, 1.54) is 11.6 Å². The van der Waals surface area contributed by atoms with Crippen LogP contribution >= 0.6 is 11.6 Å². The highest BCUT2D eigenvalue weighted by Gasteiger charge is 2.18. The molecule has 1 aromatic rings. The van der Waals surface area contributed by atoms with Crippen LogP contribution in [0.4, 0.5) is 0 Å². The highest BCUT2D eigenvalue weighted by atomic mass is 35.5. The van der Waals surface area contributed by atoms with Crippen molar-refractivity contribution in [3.8, 4) is 0 Å². The van der Waals surface area contributed by atoms with Crippen LogP contribution < -0.4 is 0 Å². The van der Waals surface area contributed by atoms with Gasteiger partial charge in [-0.2, -0.15) is 0 Å². The molecule has 184 valence electrons. The van der Waals surface area contributed by atoms with Crippen LogP contribution in [0.25, 0.3) is 5.57 Å². The lowest BCUT2D eigenvalue weighted by atomic mass is 10.0. The van der Waals surface area contributed by atoms with Crippen LogP contribution in [0.1, 0.15) is 44.7 Å². The summed E-state index contributed by atoms with van der Waals surface area (Å²) in [7, 11) is 0. The summed E-state index contributed by atoms with van der Waals surface area (Å²) in [5.74, 6) is 1.10. The molecule has 0 aromatic heterocycles. The zero-order chi connectivity index (χ0) is 25.8. The minimum Gasteiger partial charge on any atom is -0.491 e. The maximum atomic E-state index is 11.7. The molecule has 1 N–H and O–H groups in total. The Morgan fingerprint density at radius 3 is 2.54 bits per heavy atom. The molecule has 1 aromatic carbocycles. The standard InChI is InChI=1S/C28H29ClO3.CH2O2/c1-5-23(11-6-20(3)29)24-12-9-22(10-13-24)8-7-21(4)31-26-14-15-27-18-25(17-26)19(2)16-28(30)32-27;2-1-3/h5-6,9-17,21H,1,7-8,18H2,2-4H3;1H,(H,2,3)/b20-6+,23-11+;. The number of benzene rings is 1. The van der Waals surface area contributed by atoms with Gasteiger partial charge in [0.15, 0.2) is 0 Å². The fourth-order valence-electron chi connectivity index (χ4n) is 3.53. The van der Waals surface area contributed by atoms with Gasteiger partial charge in [0, 0.05) is 17.5 Å². The fourth-order valence-corrected chi connectivity index (χ4v) is 3.59. The van der Waals surface area contributed by atoms with Crippen molar-refractivity contribution in [3.63, 3.8) is 0 Å². The second-order valence-electron chi connectivity index (χ2n) is 8.15. The van der Waals surface area contributed by atoms with Gasteiger partial charge in [0.05, 0.1) is 6.10 Å². The molecular formula is C29H31ClO5. The van der Waals surface area contributed by atoms with Crippen molar-refractivity contribution in [1.29, 1.82) is 0 Å². The van der Waals surface area contributed by atoms with E-state index < -0.39 is 0 Å². The van der Waals surface area contributed by atoms with E-state index in [2.05, 4.69) is 37.8 Å². The van der Waals surface area contributed by atoms with Gasteiger partial charge in [0.1, 0.15) is 11.5 Å². The zero-order valence-corrected chi connectivity index (χ0v) is 21.0. The summed E-state index contributed by atoms with van der Waals surface area (Å²) in [6.07, 6.45) is 15.3. The summed E-state index contributed by atoms with van der Waals surface area (Å²) in [5.41, 5.74) is 5.35. The third-order valence-corrected chi connectivity index (χ3v) is 5.49. The minimum atomic E-state index is -0.323. The molecular weight excluding hydrogens is 464 g/mol. The van der Waals surface area contributed by atoms with Crippen LogP contribution in [0.2, 0.25) is 0 Å². The van der Waals surface area contributed by atoms with Gasteiger partial charge >= 0.3 is 5.97 Å². The predicted molar refractivity (Wildman–Crippen MR) is 141 cm³/mol. The molecule has 5 nitrogen and oxygen atoms in total. The largest absolute Gasteiger partial charge is 0.491 e. The second-order valence-corrected chi connectivity index (χ2v) is 8.74. The fraction of sp³-hybridized carbons (Fsp3) is 0.241. The van der Waals surface area contributed by atoms with Crippen LogP contribution in [0.3, 0.4) is 0 Å². The topological polar surface area (TPSA) is 72.8 Å². The molecule has 35 heavy (non-hydrogen) atoms. The first-order chi connectivity index (χ1) is 16.7. The van der Waals surface area contributed by atoms with Gasteiger partial charge in [0.25, 0.3) is 6.47 Å². The van der Waals surface area contributed by atoms with Crippen molar-refractivity contribution >= 4 is 29.6 Å². The van der Waals surface area contributed by atoms with E-state index in [-0.39, 0.29) is 18.5 Å². The number of carbonyl (C=O) groups is 2. The SMILES string of the molecule is C=C/C(=C\C=C(/C)Cl)c1ccc(CCC(C)OC2=CC=C3CC(=C2)C(C)=CC(=O)O3)cc1.O=CO. The molecule has 6 heteroatoms. The second kappa shape index (κ2) is 14.0. The average Bonchev–Trinajstić information content (AvgIpc) is 3.09. The number of hydrogen-bond donors (Lipinski definition) is 1. The summed E-state index contributed by atoms with van der Waals surface area (Å²) in [6.45, 7) is 9.49. The van der Waals surface area contributed by atoms with Gasteiger partial charge in [-0.05, 0) is 85.8 Å². The summed E-state index contributed by atoms with van der Waals surface area (Å²) in [5, 5.41) is 7.62. The molecule has 1 aliphatic carbocycles. The quantitative estimate of drug-likeness (QED) is 0.238. The molecule has 1 aliphatic heterocycles. The van der Waals surface area contributed by atoms with Crippen LogP contribution in [-0.4, -0.2) is 23.7 Å². The van der Waals surface area contributed by atoms with Crippen LogP contribution in [0, 0.1) is 0 Å². The number of carbonyl (C=O) groups excluding carboxylic acids is 1. The lowest BCUT2D eigenvalue weighted by molar-refractivity contribution is -0.133. The number of esters is 1. The third-order valence-electron chi connectivity index (χ3n) is 5.36. The molecule has 0 amide bonds.